The van der Waals surface area contributed by atoms with Gasteiger partial charge in [-0.2, -0.15) is 0 Å². The van der Waals surface area contributed by atoms with Crippen LogP contribution in [-0.2, 0) is 6.54 Å². The lowest BCUT2D eigenvalue weighted by Crippen LogP contribution is -2.46. The van der Waals surface area contributed by atoms with Gasteiger partial charge in [0.05, 0.1) is 6.26 Å². The van der Waals surface area contributed by atoms with E-state index in [2.05, 4.69) is 15.2 Å². The highest BCUT2D eigenvalue weighted by Gasteiger charge is 2.27. The fourth-order valence-corrected chi connectivity index (χ4v) is 2.76. The number of nitrogens with two attached hydrogens (primary N) is 1. The minimum atomic E-state index is -0.364. The molecule has 1 saturated carbocycles. The number of piperazine rings is 1. The number of furan rings is 1. The first-order chi connectivity index (χ1) is 9.76. The van der Waals surface area contributed by atoms with E-state index in [-0.39, 0.29) is 5.91 Å². The molecule has 110 valence electrons. The van der Waals surface area contributed by atoms with Crippen molar-refractivity contribution in [3.05, 3.63) is 23.7 Å². The standard InChI is InChI=1S/C14H22N4O2/c15-16-14(19)13-12(3-8-20-13)10-18-6-4-17(5-7-18)9-11-1-2-11/h3,8,11H,1-2,4-7,9-10,15H2,(H,16,19). The third kappa shape index (κ3) is 3.20. The van der Waals surface area contributed by atoms with Gasteiger partial charge in [-0.15, -0.1) is 0 Å². The molecule has 6 heteroatoms. The van der Waals surface area contributed by atoms with E-state index >= 15 is 0 Å². The Morgan fingerprint density at radius 2 is 2.00 bits per heavy atom. The van der Waals surface area contributed by atoms with Gasteiger partial charge >= 0.3 is 5.91 Å². The molecule has 6 nitrogen and oxygen atoms in total. The third-order valence-corrected chi connectivity index (χ3v) is 4.16. The Balaban J connectivity index is 1.51. The first-order valence-electron chi connectivity index (χ1n) is 7.28. The van der Waals surface area contributed by atoms with Crippen LogP contribution in [0.1, 0.15) is 29.0 Å². The second-order valence-electron chi connectivity index (χ2n) is 5.77. The van der Waals surface area contributed by atoms with Crippen LogP contribution in [0.2, 0.25) is 0 Å². The van der Waals surface area contributed by atoms with Crippen LogP contribution in [0.5, 0.6) is 0 Å². The maximum absolute atomic E-state index is 11.6. The van der Waals surface area contributed by atoms with Crippen molar-refractivity contribution in [2.24, 2.45) is 11.8 Å². The number of nitrogens with zero attached hydrogens (tertiary/aromatic N) is 2. The van der Waals surface area contributed by atoms with Crippen LogP contribution >= 0.6 is 0 Å². The van der Waals surface area contributed by atoms with Crippen molar-refractivity contribution in [1.82, 2.24) is 15.2 Å². The van der Waals surface area contributed by atoms with E-state index in [0.29, 0.717) is 5.76 Å². The molecular formula is C14H22N4O2. The average Bonchev–Trinajstić information content (AvgIpc) is 3.16. The maximum atomic E-state index is 11.6. The molecule has 1 amide bonds. The molecule has 1 aromatic heterocycles. The highest BCUT2D eigenvalue weighted by atomic mass is 16.3. The van der Waals surface area contributed by atoms with Gasteiger partial charge in [0.25, 0.3) is 0 Å². The van der Waals surface area contributed by atoms with Crippen LogP contribution < -0.4 is 11.3 Å². The van der Waals surface area contributed by atoms with E-state index in [4.69, 9.17) is 10.3 Å². The molecule has 1 aliphatic carbocycles. The summed E-state index contributed by atoms with van der Waals surface area (Å²) in [6.07, 6.45) is 4.36. The second kappa shape index (κ2) is 5.95. The lowest BCUT2D eigenvalue weighted by Gasteiger charge is -2.34. The lowest BCUT2D eigenvalue weighted by atomic mass is 10.2. The number of amides is 1. The highest BCUT2D eigenvalue weighted by molar-refractivity contribution is 5.92. The molecular weight excluding hydrogens is 256 g/mol. The second-order valence-corrected chi connectivity index (χ2v) is 5.77. The molecule has 0 radical (unpaired) electrons. The largest absolute Gasteiger partial charge is 0.459 e. The average molecular weight is 278 g/mol. The Morgan fingerprint density at radius 1 is 1.30 bits per heavy atom. The SMILES string of the molecule is NNC(=O)c1occc1CN1CCN(CC2CC2)CC1. The van der Waals surface area contributed by atoms with Gasteiger partial charge in [-0.3, -0.25) is 15.1 Å². The molecule has 3 N–H and O–H groups in total. The molecule has 2 fully saturated rings. The Labute approximate surface area is 118 Å². The van der Waals surface area contributed by atoms with Crippen LogP contribution in [0.3, 0.4) is 0 Å². The topological polar surface area (TPSA) is 74.7 Å². The zero-order valence-electron chi connectivity index (χ0n) is 11.7. The number of hydrogen-bond acceptors (Lipinski definition) is 5. The van der Waals surface area contributed by atoms with E-state index in [1.54, 1.807) is 6.26 Å². The molecule has 0 atom stereocenters. The Kier molecular flexibility index (Phi) is 4.05. The van der Waals surface area contributed by atoms with Gasteiger partial charge in [0.15, 0.2) is 5.76 Å². The van der Waals surface area contributed by atoms with Crippen LogP contribution in [0.25, 0.3) is 0 Å². The number of rotatable bonds is 5. The zero-order valence-corrected chi connectivity index (χ0v) is 11.7. The Hall–Kier alpha value is -1.37. The van der Waals surface area contributed by atoms with E-state index in [9.17, 15) is 4.79 Å². The quantitative estimate of drug-likeness (QED) is 0.463. The molecule has 1 aromatic rings. The van der Waals surface area contributed by atoms with Crippen LogP contribution in [-0.4, -0.2) is 48.4 Å². The summed E-state index contributed by atoms with van der Waals surface area (Å²) in [5.74, 6) is 6.07. The van der Waals surface area contributed by atoms with E-state index < -0.39 is 0 Å². The summed E-state index contributed by atoms with van der Waals surface area (Å²) in [6, 6.07) is 1.85. The van der Waals surface area contributed by atoms with Gasteiger partial charge in [0, 0.05) is 44.8 Å². The molecule has 20 heavy (non-hydrogen) atoms. The molecule has 0 spiro atoms. The highest BCUT2D eigenvalue weighted by Crippen LogP contribution is 2.30. The zero-order chi connectivity index (χ0) is 13.9. The summed E-state index contributed by atoms with van der Waals surface area (Å²) >= 11 is 0. The Morgan fingerprint density at radius 3 is 2.65 bits per heavy atom. The minimum Gasteiger partial charge on any atom is -0.459 e. The van der Waals surface area contributed by atoms with Gasteiger partial charge in [-0.05, 0) is 24.8 Å². The van der Waals surface area contributed by atoms with Crippen molar-refractivity contribution in [1.29, 1.82) is 0 Å². The van der Waals surface area contributed by atoms with E-state index in [1.165, 1.54) is 19.4 Å². The summed E-state index contributed by atoms with van der Waals surface area (Å²) in [5, 5.41) is 0. The fraction of sp³-hybridized carbons (Fsp3) is 0.643. The number of carbonyl (C=O) groups is 1. The molecule has 2 heterocycles. The number of nitrogen functional groups attached to an aromatic ring is 1. The van der Waals surface area contributed by atoms with Gasteiger partial charge in [0.2, 0.25) is 0 Å². The number of hydrogen-bond donors (Lipinski definition) is 2. The normalized spacial score (nSPS) is 21.1. The van der Waals surface area contributed by atoms with Gasteiger partial charge in [-0.25, -0.2) is 5.84 Å². The van der Waals surface area contributed by atoms with Gasteiger partial charge in [-0.1, -0.05) is 0 Å². The third-order valence-electron chi connectivity index (χ3n) is 4.16. The first kappa shape index (κ1) is 13.6. The van der Waals surface area contributed by atoms with Crippen molar-refractivity contribution in [3.63, 3.8) is 0 Å². The van der Waals surface area contributed by atoms with E-state index in [1.807, 2.05) is 6.07 Å². The molecule has 1 saturated heterocycles. The van der Waals surface area contributed by atoms with Crippen molar-refractivity contribution in [2.45, 2.75) is 19.4 Å². The molecule has 3 rings (SSSR count). The lowest BCUT2D eigenvalue weighted by molar-refractivity contribution is 0.0918. The summed E-state index contributed by atoms with van der Waals surface area (Å²) in [6.45, 7) is 6.33. The maximum Gasteiger partial charge on any atom is 0.301 e. The Bertz CT molecular complexity index is 461. The van der Waals surface area contributed by atoms with Crippen LogP contribution in [0.4, 0.5) is 0 Å². The molecule has 1 aliphatic heterocycles. The smallest absolute Gasteiger partial charge is 0.301 e. The van der Waals surface area contributed by atoms with Crippen molar-refractivity contribution >= 4 is 5.91 Å². The number of carbonyl (C=O) groups excluding carboxylic acids is 1. The van der Waals surface area contributed by atoms with Crippen molar-refractivity contribution in [3.8, 4) is 0 Å². The first-order valence-corrected chi connectivity index (χ1v) is 7.28. The summed E-state index contributed by atoms with van der Waals surface area (Å²) in [7, 11) is 0. The van der Waals surface area contributed by atoms with Gasteiger partial charge < -0.3 is 9.32 Å². The number of nitrogens with one attached hydrogen (secondary N) is 1. The molecule has 2 aliphatic rings. The monoisotopic (exact) mass is 278 g/mol. The minimum absolute atomic E-state index is 0.327. The summed E-state index contributed by atoms with van der Waals surface area (Å²) in [4.78, 5) is 16.5. The molecule has 0 unspecified atom stereocenters. The van der Waals surface area contributed by atoms with Crippen molar-refractivity contribution in [2.75, 3.05) is 32.7 Å². The fourth-order valence-electron chi connectivity index (χ4n) is 2.76. The van der Waals surface area contributed by atoms with Crippen molar-refractivity contribution < 1.29 is 9.21 Å². The van der Waals surface area contributed by atoms with E-state index in [0.717, 1.165) is 44.2 Å². The molecule has 0 aromatic carbocycles. The predicted molar refractivity (Wildman–Crippen MR) is 74.8 cm³/mol. The number of hydrazine groups is 1. The summed E-state index contributed by atoms with van der Waals surface area (Å²) in [5.41, 5.74) is 3.03. The predicted octanol–water partition coefficient (Wildman–Crippen LogP) is 0.411. The van der Waals surface area contributed by atoms with Crippen LogP contribution in [0, 0.1) is 5.92 Å². The van der Waals surface area contributed by atoms with Gasteiger partial charge in [0.1, 0.15) is 0 Å². The summed E-state index contributed by atoms with van der Waals surface area (Å²) < 4.78 is 5.21. The molecule has 0 bridgehead atoms. The van der Waals surface area contributed by atoms with Crippen LogP contribution in [0.15, 0.2) is 16.7 Å².